The van der Waals surface area contributed by atoms with Crippen LogP contribution in [0, 0.1) is 25.2 Å². The molecule has 156 valence electrons. The monoisotopic (exact) mass is 432 g/mol. The summed E-state index contributed by atoms with van der Waals surface area (Å²) < 4.78 is 1.74. The Morgan fingerprint density at radius 2 is 2.00 bits per heavy atom. The number of nitrogens with two attached hydrogens (primary N) is 1. The highest BCUT2D eigenvalue weighted by Gasteiger charge is 2.12. The third-order valence-electron chi connectivity index (χ3n) is 5.05. The number of hydrogen-bond donors (Lipinski definition) is 2. The average molecular weight is 433 g/mol. The fraction of sp³-hybridized carbons (Fsp3) is 0.227. The fourth-order valence-electron chi connectivity index (χ4n) is 3.56. The third-order valence-corrected chi connectivity index (χ3v) is 5.26. The summed E-state index contributed by atoms with van der Waals surface area (Å²) in [5.74, 6) is 1.34. The Morgan fingerprint density at radius 3 is 2.77 bits per heavy atom. The van der Waals surface area contributed by atoms with E-state index in [4.69, 9.17) is 17.3 Å². The number of hydrogen-bond acceptors (Lipinski definition) is 7. The molecule has 0 saturated heterocycles. The molecule has 31 heavy (non-hydrogen) atoms. The lowest BCUT2D eigenvalue weighted by molar-refractivity contribution is 0.583. The Balaban J connectivity index is 1.52. The molecule has 0 unspecified atom stereocenters. The standard InChI is InChI=1S/C22H21ClN8/c1-13-5-20(25)28-14(2)18(13)10-26-11-22-29-21(8-24)30-31(22)12-15-3-4-19-16(6-15)7-17(23)9-27-19/h3-7,9,26H,10-12H2,1-2H3,(H2,25,28). The van der Waals surface area contributed by atoms with Crippen LogP contribution in [0.2, 0.25) is 5.02 Å². The molecule has 0 bridgehead atoms. The van der Waals surface area contributed by atoms with Gasteiger partial charge in [-0.25, -0.2) is 14.6 Å². The number of nitrogens with zero attached hydrogens (tertiary/aromatic N) is 6. The van der Waals surface area contributed by atoms with E-state index in [1.165, 1.54) is 0 Å². The number of pyridine rings is 2. The molecule has 3 N–H and O–H groups in total. The van der Waals surface area contributed by atoms with Gasteiger partial charge in [-0.1, -0.05) is 17.7 Å². The fourth-order valence-corrected chi connectivity index (χ4v) is 3.73. The summed E-state index contributed by atoms with van der Waals surface area (Å²) in [6.45, 7) is 5.51. The van der Waals surface area contributed by atoms with Gasteiger partial charge in [0.1, 0.15) is 17.7 Å². The Kier molecular flexibility index (Phi) is 5.80. The van der Waals surface area contributed by atoms with Gasteiger partial charge in [-0.2, -0.15) is 5.26 Å². The maximum absolute atomic E-state index is 9.26. The number of benzene rings is 1. The summed E-state index contributed by atoms with van der Waals surface area (Å²) in [7, 11) is 0. The van der Waals surface area contributed by atoms with Gasteiger partial charge in [0.15, 0.2) is 0 Å². The first-order valence-electron chi connectivity index (χ1n) is 9.74. The van der Waals surface area contributed by atoms with E-state index in [-0.39, 0.29) is 5.82 Å². The van der Waals surface area contributed by atoms with Crippen molar-refractivity contribution < 1.29 is 0 Å². The van der Waals surface area contributed by atoms with Crippen LogP contribution in [0.15, 0.2) is 36.5 Å². The molecule has 0 fully saturated rings. The molecular weight excluding hydrogens is 412 g/mol. The molecule has 9 heteroatoms. The van der Waals surface area contributed by atoms with Crippen molar-refractivity contribution in [1.82, 2.24) is 30.0 Å². The number of nitriles is 1. The summed E-state index contributed by atoms with van der Waals surface area (Å²) in [6.07, 6.45) is 1.63. The van der Waals surface area contributed by atoms with Crippen LogP contribution in [-0.2, 0) is 19.6 Å². The van der Waals surface area contributed by atoms with E-state index < -0.39 is 0 Å². The lowest BCUT2D eigenvalue weighted by Gasteiger charge is -2.12. The number of halogens is 1. The van der Waals surface area contributed by atoms with E-state index in [2.05, 4.69) is 25.4 Å². The second-order valence-electron chi connectivity index (χ2n) is 7.33. The summed E-state index contributed by atoms with van der Waals surface area (Å²) in [4.78, 5) is 13.0. The Hall–Kier alpha value is -3.54. The van der Waals surface area contributed by atoms with Crippen LogP contribution in [0.1, 0.15) is 34.0 Å². The van der Waals surface area contributed by atoms with Crippen LogP contribution < -0.4 is 11.1 Å². The zero-order valence-electron chi connectivity index (χ0n) is 17.2. The lowest BCUT2D eigenvalue weighted by Crippen LogP contribution is -2.19. The molecule has 8 nitrogen and oxygen atoms in total. The first kappa shape index (κ1) is 20.7. The van der Waals surface area contributed by atoms with Crippen LogP contribution >= 0.6 is 11.6 Å². The molecule has 3 aromatic heterocycles. The molecule has 0 aliphatic carbocycles. The zero-order valence-corrected chi connectivity index (χ0v) is 18.0. The van der Waals surface area contributed by atoms with Crippen molar-refractivity contribution in [1.29, 1.82) is 5.26 Å². The van der Waals surface area contributed by atoms with Gasteiger partial charge < -0.3 is 11.1 Å². The molecule has 4 rings (SSSR count). The summed E-state index contributed by atoms with van der Waals surface area (Å²) in [6, 6.07) is 11.7. The van der Waals surface area contributed by atoms with Gasteiger partial charge in [-0.15, -0.1) is 5.10 Å². The molecule has 0 aliphatic rings. The molecule has 4 aromatic rings. The van der Waals surface area contributed by atoms with E-state index in [1.54, 1.807) is 10.9 Å². The number of aryl methyl sites for hydroxylation is 2. The molecule has 0 aliphatic heterocycles. The third kappa shape index (κ3) is 4.63. The molecule has 0 atom stereocenters. The minimum absolute atomic E-state index is 0.142. The first-order valence-corrected chi connectivity index (χ1v) is 10.1. The predicted octanol–water partition coefficient (Wildman–Crippen LogP) is 3.28. The smallest absolute Gasteiger partial charge is 0.252 e. The van der Waals surface area contributed by atoms with Crippen LogP contribution in [0.3, 0.4) is 0 Å². The van der Waals surface area contributed by atoms with Gasteiger partial charge in [0, 0.05) is 23.8 Å². The van der Waals surface area contributed by atoms with Gasteiger partial charge in [0.05, 0.1) is 23.6 Å². The topological polar surface area (TPSA) is 118 Å². The number of nitrogen functional groups attached to an aromatic ring is 1. The zero-order chi connectivity index (χ0) is 22.0. The van der Waals surface area contributed by atoms with Crippen molar-refractivity contribution in [2.45, 2.75) is 33.5 Å². The number of rotatable bonds is 6. The van der Waals surface area contributed by atoms with E-state index in [0.717, 1.165) is 33.3 Å². The molecule has 0 radical (unpaired) electrons. The number of aromatic nitrogens is 5. The second-order valence-corrected chi connectivity index (χ2v) is 7.77. The van der Waals surface area contributed by atoms with E-state index in [1.807, 2.05) is 50.2 Å². The van der Waals surface area contributed by atoms with Gasteiger partial charge in [-0.05, 0) is 54.8 Å². The number of fused-ring (bicyclic) bond motifs is 1. The summed E-state index contributed by atoms with van der Waals surface area (Å²) in [5.41, 5.74) is 10.8. The number of anilines is 1. The SMILES string of the molecule is Cc1cc(N)nc(C)c1CNCc1nc(C#N)nn1Cc1ccc2ncc(Cl)cc2c1. The number of nitrogens with one attached hydrogen (secondary N) is 1. The Bertz CT molecular complexity index is 1280. The quantitative estimate of drug-likeness (QED) is 0.479. The highest BCUT2D eigenvalue weighted by molar-refractivity contribution is 6.31. The minimum atomic E-state index is 0.142. The van der Waals surface area contributed by atoms with Crippen molar-refractivity contribution in [2.75, 3.05) is 5.73 Å². The molecule has 0 amide bonds. The molecule has 0 spiro atoms. The van der Waals surface area contributed by atoms with Crippen LogP contribution in [0.5, 0.6) is 0 Å². The Morgan fingerprint density at radius 1 is 1.16 bits per heavy atom. The maximum Gasteiger partial charge on any atom is 0.252 e. The summed E-state index contributed by atoms with van der Waals surface area (Å²) >= 11 is 6.07. The van der Waals surface area contributed by atoms with Crippen molar-refractivity contribution in [3.8, 4) is 6.07 Å². The van der Waals surface area contributed by atoms with Crippen LogP contribution in [0.4, 0.5) is 5.82 Å². The van der Waals surface area contributed by atoms with Gasteiger partial charge in [-0.3, -0.25) is 4.98 Å². The first-order chi connectivity index (χ1) is 14.9. The van der Waals surface area contributed by atoms with E-state index >= 15 is 0 Å². The minimum Gasteiger partial charge on any atom is -0.384 e. The molecule has 1 aromatic carbocycles. The van der Waals surface area contributed by atoms with Crippen molar-refractivity contribution in [3.05, 3.63) is 75.6 Å². The highest BCUT2D eigenvalue weighted by Crippen LogP contribution is 2.19. The van der Waals surface area contributed by atoms with E-state index in [9.17, 15) is 5.26 Å². The second kappa shape index (κ2) is 8.68. The van der Waals surface area contributed by atoms with Crippen LogP contribution in [0.25, 0.3) is 10.9 Å². The van der Waals surface area contributed by atoms with Crippen molar-refractivity contribution in [2.24, 2.45) is 0 Å². The molecule has 0 saturated carbocycles. The highest BCUT2D eigenvalue weighted by atomic mass is 35.5. The Labute approximate surface area is 184 Å². The van der Waals surface area contributed by atoms with Crippen molar-refractivity contribution in [3.63, 3.8) is 0 Å². The summed E-state index contributed by atoms with van der Waals surface area (Å²) in [5, 5.41) is 18.5. The van der Waals surface area contributed by atoms with Crippen molar-refractivity contribution >= 4 is 28.3 Å². The largest absolute Gasteiger partial charge is 0.384 e. The van der Waals surface area contributed by atoms with E-state index in [0.29, 0.717) is 36.3 Å². The molecule has 3 heterocycles. The van der Waals surface area contributed by atoms with Gasteiger partial charge in [0.25, 0.3) is 5.82 Å². The van der Waals surface area contributed by atoms with Gasteiger partial charge in [0.2, 0.25) is 0 Å². The van der Waals surface area contributed by atoms with Gasteiger partial charge >= 0.3 is 0 Å². The molecular formula is C22H21ClN8. The average Bonchev–Trinajstić information content (AvgIpc) is 3.11. The maximum atomic E-state index is 9.26. The van der Waals surface area contributed by atoms with Crippen LogP contribution in [-0.4, -0.2) is 24.7 Å². The predicted molar refractivity (Wildman–Crippen MR) is 119 cm³/mol. The normalized spacial score (nSPS) is 11.0. The lowest BCUT2D eigenvalue weighted by atomic mass is 10.1.